The van der Waals surface area contributed by atoms with Crippen LogP contribution in [0.1, 0.15) is 25.8 Å². The van der Waals surface area contributed by atoms with E-state index in [9.17, 15) is 19.5 Å². The number of aliphatic hydroxyl groups is 1. The average Bonchev–Trinajstić information content (AvgIpc) is 2.87. The summed E-state index contributed by atoms with van der Waals surface area (Å²) >= 11 is 0. The molecule has 0 radical (unpaired) electrons. The average molecular weight is 363 g/mol. The zero-order valence-corrected chi connectivity index (χ0v) is 15.2. The van der Waals surface area contributed by atoms with Gasteiger partial charge in [0.2, 0.25) is 5.91 Å². The highest BCUT2D eigenvalue weighted by atomic mass is 16.5. The van der Waals surface area contributed by atoms with Crippen LogP contribution in [0.3, 0.4) is 0 Å². The van der Waals surface area contributed by atoms with Gasteiger partial charge in [-0.1, -0.05) is 26.0 Å². The topological polar surface area (TPSA) is 108 Å². The van der Waals surface area contributed by atoms with Crippen LogP contribution in [-0.4, -0.2) is 53.7 Å². The number of nitrogens with one attached hydrogen (secondary N) is 2. The van der Waals surface area contributed by atoms with Gasteiger partial charge in [0.05, 0.1) is 32.7 Å². The van der Waals surface area contributed by atoms with E-state index in [0.29, 0.717) is 5.75 Å². The Hall–Kier alpha value is -2.61. The maximum absolute atomic E-state index is 12.5. The van der Waals surface area contributed by atoms with Crippen molar-refractivity contribution >= 4 is 17.8 Å². The van der Waals surface area contributed by atoms with Gasteiger partial charge in [-0.15, -0.1) is 0 Å². The monoisotopic (exact) mass is 363 g/mol. The maximum atomic E-state index is 12.5. The lowest BCUT2D eigenvalue weighted by Gasteiger charge is -2.20. The van der Waals surface area contributed by atoms with Crippen molar-refractivity contribution in [1.82, 2.24) is 15.5 Å². The largest absolute Gasteiger partial charge is 0.497 e. The van der Waals surface area contributed by atoms with Crippen molar-refractivity contribution in [3.05, 3.63) is 29.8 Å². The molecule has 3 N–H and O–H groups in total. The molecule has 1 aliphatic rings. The van der Waals surface area contributed by atoms with Crippen LogP contribution in [0.15, 0.2) is 24.3 Å². The second kappa shape index (κ2) is 8.66. The van der Waals surface area contributed by atoms with Crippen LogP contribution in [-0.2, 0) is 16.1 Å². The number of carbonyl (C=O) groups excluding carboxylic acids is 3. The standard InChI is InChI=1S/C18H25N3O5/c1-11(2)15(10-22)19-16(23)8-14-17(24)21(18(25)20-14)9-12-4-6-13(26-3)7-5-12/h4-7,11,14-15,22H,8-10H2,1-3H3,(H,19,23)(H,20,25)/t14-,15+/m1/s1. The lowest BCUT2D eigenvalue weighted by atomic mass is 10.0. The Labute approximate surface area is 152 Å². The number of benzene rings is 1. The predicted octanol–water partition coefficient (Wildman–Crippen LogP) is 0.639. The molecular weight excluding hydrogens is 338 g/mol. The van der Waals surface area contributed by atoms with Crippen molar-refractivity contribution < 1.29 is 24.2 Å². The molecule has 1 aliphatic heterocycles. The SMILES string of the molecule is COc1ccc(CN2C(=O)N[C@H](CC(=O)N[C@@H](CO)C(C)C)C2=O)cc1. The summed E-state index contributed by atoms with van der Waals surface area (Å²) in [7, 11) is 1.56. The van der Waals surface area contributed by atoms with Gasteiger partial charge in [-0.25, -0.2) is 4.79 Å². The first-order valence-corrected chi connectivity index (χ1v) is 8.50. The van der Waals surface area contributed by atoms with Gasteiger partial charge < -0.3 is 20.5 Å². The van der Waals surface area contributed by atoms with Crippen molar-refractivity contribution in [2.45, 2.75) is 38.9 Å². The number of amides is 4. The van der Waals surface area contributed by atoms with Crippen molar-refractivity contribution in [3.8, 4) is 5.75 Å². The van der Waals surface area contributed by atoms with Gasteiger partial charge in [-0.05, 0) is 23.6 Å². The van der Waals surface area contributed by atoms with Gasteiger partial charge in [0.1, 0.15) is 11.8 Å². The van der Waals surface area contributed by atoms with Gasteiger partial charge in [0.15, 0.2) is 0 Å². The van der Waals surface area contributed by atoms with E-state index >= 15 is 0 Å². The Morgan fingerprint density at radius 3 is 2.50 bits per heavy atom. The van der Waals surface area contributed by atoms with Crippen molar-refractivity contribution in [1.29, 1.82) is 0 Å². The van der Waals surface area contributed by atoms with Gasteiger partial charge in [0.25, 0.3) is 5.91 Å². The molecule has 4 amide bonds. The highest BCUT2D eigenvalue weighted by Gasteiger charge is 2.39. The van der Waals surface area contributed by atoms with E-state index in [4.69, 9.17) is 4.74 Å². The summed E-state index contributed by atoms with van der Waals surface area (Å²) in [5.41, 5.74) is 0.777. The number of ether oxygens (including phenoxy) is 1. The van der Waals surface area contributed by atoms with Crippen LogP contribution in [0.4, 0.5) is 4.79 Å². The first-order valence-electron chi connectivity index (χ1n) is 8.50. The summed E-state index contributed by atoms with van der Waals surface area (Å²) in [4.78, 5) is 37.7. The number of rotatable bonds is 8. The minimum Gasteiger partial charge on any atom is -0.497 e. The smallest absolute Gasteiger partial charge is 0.325 e. The normalized spacial score (nSPS) is 18.0. The fourth-order valence-electron chi connectivity index (χ4n) is 2.65. The number of carbonyl (C=O) groups is 3. The fourth-order valence-corrected chi connectivity index (χ4v) is 2.65. The molecule has 1 heterocycles. The maximum Gasteiger partial charge on any atom is 0.325 e. The first kappa shape index (κ1) is 19.7. The third kappa shape index (κ3) is 4.72. The van der Waals surface area contributed by atoms with Crippen LogP contribution in [0.5, 0.6) is 5.75 Å². The Morgan fingerprint density at radius 2 is 1.96 bits per heavy atom. The van der Waals surface area contributed by atoms with E-state index in [1.54, 1.807) is 31.4 Å². The Balaban J connectivity index is 1.95. The minimum atomic E-state index is -0.896. The van der Waals surface area contributed by atoms with Gasteiger partial charge >= 0.3 is 6.03 Å². The van der Waals surface area contributed by atoms with E-state index in [1.807, 2.05) is 13.8 Å². The molecule has 2 rings (SSSR count). The third-order valence-corrected chi connectivity index (χ3v) is 4.34. The number of methoxy groups -OCH3 is 1. The molecule has 8 heteroatoms. The first-order chi connectivity index (χ1) is 12.3. The zero-order chi connectivity index (χ0) is 19.3. The molecule has 0 unspecified atom stereocenters. The predicted molar refractivity (Wildman–Crippen MR) is 94.3 cm³/mol. The number of nitrogens with zero attached hydrogens (tertiary/aromatic N) is 1. The summed E-state index contributed by atoms with van der Waals surface area (Å²) < 4.78 is 5.08. The second-order valence-corrected chi connectivity index (χ2v) is 6.58. The van der Waals surface area contributed by atoms with Crippen LogP contribution in [0, 0.1) is 5.92 Å². The molecule has 0 spiro atoms. The van der Waals surface area contributed by atoms with Crippen molar-refractivity contribution in [3.63, 3.8) is 0 Å². The molecule has 1 aromatic rings. The number of aliphatic hydroxyl groups excluding tert-OH is 1. The quantitative estimate of drug-likeness (QED) is 0.588. The molecule has 0 aromatic heterocycles. The van der Waals surface area contributed by atoms with Gasteiger partial charge in [0, 0.05) is 0 Å². The van der Waals surface area contributed by atoms with Crippen LogP contribution in [0.2, 0.25) is 0 Å². The molecular formula is C18H25N3O5. The molecule has 26 heavy (non-hydrogen) atoms. The Bertz CT molecular complexity index is 659. The molecule has 1 saturated heterocycles. The number of imide groups is 1. The summed E-state index contributed by atoms with van der Waals surface area (Å²) in [6, 6.07) is 5.24. The number of hydrogen-bond acceptors (Lipinski definition) is 5. The molecule has 8 nitrogen and oxygen atoms in total. The van der Waals surface area contributed by atoms with Crippen molar-refractivity contribution in [2.24, 2.45) is 5.92 Å². The molecule has 2 atom stereocenters. The van der Waals surface area contributed by atoms with Crippen LogP contribution >= 0.6 is 0 Å². The summed E-state index contributed by atoms with van der Waals surface area (Å²) in [6.45, 7) is 3.69. The highest BCUT2D eigenvalue weighted by molar-refractivity contribution is 6.05. The van der Waals surface area contributed by atoms with Gasteiger partial charge in [-0.3, -0.25) is 14.5 Å². The van der Waals surface area contributed by atoms with Crippen molar-refractivity contribution in [2.75, 3.05) is 13.7 Å². The van der Waals surface area contributed by atoms with Gasteiger partial charge in [-0.2, -0.15) is 0 Å². The number of urea groups is 1. The fraction of sp³-hybridized carbons (Fsp3) is 0.500. The van der Waals surface area contributed by atoms with E-state index in [0.717, 1.165) is 10.5 Å². The van der Waals surface area contributed by atoms with E-state index in [1.165, 1.54) is 0 Å². The second-order valence-electron chi connectivity index (χ2n) is 6.58. The minimum absolute atomic E-state index is 0.0596. The Morgan fingerprint density at radius 1 is 1.31 bits per heavy atom. The highest BCUT2D eigenvalue weighted by Crippen LogP contribution is 2.17. The molecule has 1 aromatic carbocycles. The van der Waals surface area contributed by atoms with E-state index in [-0.39, 0.29) is 37.4 Å². The van der Waals surface area contributed by atoms with Crippen LogP contribution in [0.25, 0.3) is 0 Å². The molecule has 0 saturated carbocycles. The zero-order valence-electron chi connectivity index (χ0n) is 15.2. The summed E-state index contributed by atoms with van der Waals surface area (Å²) in [5.74, 6) is -0.0813. The lowest BCUT2D eigenvalue weighted by molar-refractivity contribution is -0.131. The molecule has 142 valence electrons. The summed E-state index contributed by atoms with van der Waals surface area (Å²) in [6.07, 6.45) is -0.160. The Kier molecular flexibility index (Phi) is 6.57. The molecule has 1 fully saturated rings. The molecule has 0 aliphatic carbocycles. The van der Waals surface area contributed by atoms with E-state index in [2.05, 4.69) is 10.6 Å². The summed E-state index contributed by atoms with van der Waals surface area (Å²) in [5, 5.41) is 14.5. The van der Waals surface area contributed by atoms with E-state index < -0.39 is 18.0 Å². The van der Waals surface area contributed by atoms with Crippen LogP contribution < -0.4 is 15.4 Å². The number of hydrogen-bond donors (Lipinski definition) is 3. The lowest BCUT2D eigenvalue weighted by Crippen LogP contribution is -2.44. The third-order valence-electron chi connectivity index (χ3n) is 4.34. The molecule has 0 bridgehead atoms.